The molecule has 3 aromatic rings. The smallest absolute Gasteiger partial charge is 0.328 e. The maximum atomic E-state index is 12.0. The van der Waals surface area contributed by atoms with Crippen molar-refractivity contribution in [1.82, 2.24) is 14.5 Å². The Kier molecular flexibility index (Phi) is 3.22. The highest BCUT2D eigenvalue weighted by atomic mass is 16.3. The minimum absolute atomic E-state index is 0.0164. The van der Waals surface area contributed by atoms with E-state index in [0.29, 0.717) is 0 Å². The van der Waals surface area contributed by atoms with Crippen molar-refractivity contribution in [3.8, 4) is 0 Å². The molecule has 0 aliphatic heterocycles. The van der Waals surface area contributed by atoms with Crippen LogP contribution in [0.3, 0.4) is 0 Å². The zero-order valence-corrected chi connectivity index (χ0v) is 12.7. The van der Waals surface area contributed by atoms with Gasteiger partial charge in [0.25, 0.3) is 0 Å². The molecule has 0 bridgehead atoms. The molecule has 21 heavy (non-hydrogen) atoms. The first-order valence-corrected chi connectivity index (χ1v) is 6.91. The summed E-state index contributed by atoms with van der Waals surface area (Å²) in [4.78, 5) is 12.0. The van der Waals surface area contributed by atoms with E-state index >= 15 is 0 Å². The van der Waals surface area contributed by atoms with Crippen LogP contribution in [0.15, 0.2) is 39.7 Å². The van der Waals surface area contributed by atoms with Gasteiger partial charge in [-0.3, -0.25) is 9.13 Å². The Balaban J connectivity index is 2.18. The average Bonchev–Trinajstić information content (AvgIpc) is 2.99. The van der Waals surface area contributed by atoms with Crippen molar-refractivity contribution in [2.75, 3.05) is 7.05 Å². The largest absolute Gasteiger partial charge is 0.467 e. The number of hydrogen-bond acceptors (Lipinski definition) is 3. The monoisotopic (exact) mass is 285 g/mol. The molecule has 3 rings (SSSR count). The normalized spacial score (nSPS) is 13.0. The van der Waals surface area contributed by atoms with Crippen LogP contribution in [0, 0.1) is 6.92 Å². The molecule has 1 unspecified atom stereocenters. The highest BCUT2D eigenvalue weighted by Crippen LogP contribution is 2.27. The van der Waals surface area contributed by atoms with E-state index in [-0.39, 0.29) is 11.7 Å². The van der Waals surface area contributed by atoms with Gasteiger partial charge in [0, 0.05) is 14.1 Å². The summed E-state index contributed by atoms with van der Waals surface area (Å²) < 4.78 is 8.93. The van der Waals surface area contributed by atoms with Crippen molar-refractivity contribution in [3.05, 3.63) is 57.9 Å². The van der Waals surface area contributed by atoms with Crippen molar-refractivity contribution in [3.63, 3.8) is 0 Å². The Morgan fingerprint density at radius 2 is 1.86 bits per heavy atom. The summed E-state index contributed by atoms with van der Waals surface area (Å²) in [6.07, 6.45) is 1.70. The standard InChI is InChI=1S/C16H19N3O2/c1-10-7-8-21-15(10)14(17-2)11-5-6-12-13(9-11)19(4)16(20)18(12)3/h5-9,14,17H,1-4H3. The number of fused-ring (bicyclic) bond motifs is 1. The van der Waals surface area contributed by atoms with E-state index < -0.39 is 0 Å². The molecular formula is C16H19N3O2. The molecule has 0 spiro atoms. The Labute approximate surface area is 122 Å². The van der Waals surface area contributed by atoms with Gasteiger partial charge < -0.3 is 9.73 Å². The number of furan rings is 1. The van der Waals surface area contributed by atoms with Crippen LogP contribution in [-0.4, -0.2) is 16.2 Å². The third kappa shape index (κ3) is 2.01. The lowest BCUT2D eigenvalue weighted by Gasteiger charge is -2.15. The zero-order valence-electron chi connectivity index (χ0n) is 12.7. The van der Waals surface area contributed by atoms with E-state index in [9.17, 15) is 4.79 Å². The van der Waals surface area contributed by atoms with Crippen LogP contribution in [0.5, 0.6) is 0 Å². The van der Waals surface area contributed by atoms with Gasteiger partial charge in [0.1, 0.15) is 5.76 Å². The summed E-state index contributed by atoms with van der Waals surface area (Å²) in [5.41, 5.74) is 4.01. The van der Waals surface area contributed by atoms with Crippen molar-refractivity contribution in [2.24, 2.45) is 14.1 Å². The summed E-state index contributed by atoms with van der Waals surface area (Å²) in [7, 11) is 5.48. The van der Waals surface area contributed by atoms with Gasteiger partial charge in [-0.1, -0.05) is 6.07 Å². The molecule has 0 saturated heterocycles. The summed E-state index contributed by atoms with van der Waals surface area (Å²) in [6, 6.07) is 7.98. The fraction of sp³-hybridized carbons (Fsp3) is 0.312. The number of nitrogens with one attached hydrogen (secondary N) is 1. The van der Waals surface area contributed by atoms with Gasteiger partial charge in [-0.2, -0.15) is 0 Å². The van der Waals surface area contributed by atoms with Crippen LogP contribution in [0.2, 0.25) is 0 Å². The van der Waals surface area contributed by atoms with Crippen molar-refractivity contribution < 1.29 is 4.42 Å². The number of aromatic nitrogens is 2. The van der Waals surface area contributed by atoms with Gasteiger partial charge in [0.15, 0.2) is 0 Å². The van der Waals surface area contributed by atoms with Gasteiger partial charge >= 0.3 is 5.69 Å². The number of benzene rings is 1. The summed E-state index contributed by atoms with van der Waals surface area (Å²) >= 11 is 0. The minimum Gasteiger partial charge on any atom is -0.467 e. The molecule has 1 N–H and O–H groups in total. The second-order valence-corrected chi connectivity index (χ2v) is 5.34. The molecular weight excluding hydrogens is 266 g/mol. The maximum absolute atomic E-state index is 12.0. The van der Waals surface area contributed by atoms with E-state index in [1.165, 1.54) is 0 Å². The summed E-state index contributed by atoms with van der Waals surface area (Å²) in [5, 5.41) is 3.28. The van der Waals surface area contributed by atoms with Crippen LogP contribution in [0.1, 0.15) is 22.9 Å². The summed E-state index contributed by atoms with van der Waals surface area (Å²) in [5.74, 6) is 0.901. The maximum Gasteiger partial charge on any atom is 0.328 e. The second kappa shape index (κ2) is 4.93. The molecule has 1 atom stereocenters. The third-order valence-corrected chi connectivity index (χ3v) is 4.08. The number of imidazole rings is 1. The topological polar surface area (TPSA) is 52.1 Å². The quantitative estimate of drug-likeness (QED) is 0.801. The molecule has 1 aromatic carbocycles. The van der Waals surface area contributed by atoms with Crippen LogP contribution < -0.4 is 11.0 Å². The van der Waals surface area contributed by atoms with Crippen molar-refractivity contribution in [2.45, 2.75) is 13.0 Å². The van der Waals surface area contributed by atoms with Crippen molar-refractivity contribution in [1.29, 1.82) is 0 Å². The Bertz CT molecular complexity index is 854. The fourth-order valence-corrected chi connectivity index (χ4v) is 2.83. The lowest BCUT2D eigenvalue weighted by molar-refractivity contribution is 0.460. The van der Waals surface area contributed by atoms with Gasteiger partial charge in [0.05, 0.1) is 23.3 Å². The molecule has 0 aliphatic carbocycles. The molecule has 2 aromatic heterocycles. The Morgan fingerprint density at radius 1 is 1.14 bits per heavy atom. The first-order chi connectivity index (χ1) is 10.0. The number of aryl methyl sites for hydroxylation is 3. The lowest BCUT2D eigenvalue weighted by atomic mass is 10.0. The molecule has 2 heterocycles. The first kappa shape index (κ1) is 13.7. The Morgan fingerprint density at radius 3 is 2.48 bits per heavy atom. The van der Waals surface area contributed by atoms with Crippen LogP contribution >= 0.6 is 0 Å². The van der Waals surface area contributed by atoms with E-state index in [4.69, 9.17) is 4.42 Å². The minimum atomic E-state index is -0.0280. The molecule has 0 fully saturated rings. The van der Waals surface area contributed by atoms with Crippen LogP contribution in [0.4, 0.5) is 0 Å². The number of rotatable bonds is 3. The predicted molar refractivity (Wildman–Crippen MR) is 82.5 cm³/mol. The van der Waals surface area contributed by atoms with Gasteiger partial charge in [-0.15, -0.1) is 0 Å². The fourth-order valence-electron chi connectivity index (χ4n) is 2.83. The lowest BCUT2D eigenvalue weighted by Crippen LogP contribution is -2.19. The first-order valence-electron chi connectivity index (χ1n) is 6.91. The number of nitrogens with zero attached hydrogens (tertiary/aromatic N) is 2. The van der Waals surface area contributed by atoms with Crippen molar-refractivity contribution >= 4 is 11.0 Å². The van der Waals surface area contributed by atoms with E-state index in [1.807, 2.05) is 38.2 Å². The zero-order chi connectivity index (χ0) is 15.1. The molecule has 0 saturated carbocycles. The van der Waals surface area contributed by atoms with E-state index in [1.54, 1.807) is 29.5 Å². The SMILES string of the molecule is CNC(c1ccc2c(c1)n(C)c(=O)n2C)c1occc1C. The summed E-state index contributed by atoms with van der Waals surface area (Å²) in [6.45, 7) is 2.03. The molecule has 0 amide bonds. The van der Waals surface area contributed by atoms with E-state index in [2.05, 4.69) is 5.32 Å². The molecule has 5 nitrogen and oxygen atoms in total. The third-order valence-electron chi connectivity index (χ3n) is 4.08. The van der Waals surface area contributed by atoms with Gasteiger partial charge in [0.2, 0.25) is 0 Å². The van der Waals surface area contributed by atoms with Crippen LogP contribution in [0.25, 0.3) is 11.0 Å². The molecule has 5 heteroatoms. The molecule has 0 aliphatic rings. The van der Waals surface area contributed by atoms with E-state index in [0.717, 1.165) is 27.9 Å². The highest BCUT2D eigenvalue weighted by molar-refractivity contribution is 5.77. The second-order valence-electron chi connectivity index (χ2n) is 5.34. The number of hydrogen-bond donors (Lipinski definition) is 1. The molecule has 0 radical (unpaired) electrons. The average molecular weight is 285 g/mol. The highest BCUT2D eigenvalue weighted by Gasteiger charge is 2.19. The van der Waals surface area contributed by atoms with Gasteiger partial charge in [-0.05, 0) is 43.3 Å². The van der Waals surface area contributed by atoms with Crippen LogP contribution in [-0.2, 0) is 14.1 Å². The Hall–Kier alpha value is -2.27. The molecule has 110 valence electrons. The van der Waals surface area contributed by atoms with Gasteiger partial charge in [-0.25, -0.2) is 4.79 Å². The predicted octanol–water partition coefficient (Wildman–Crippen LogP) is 2.09.